The van der Waals surface area contributed by atoms with Crippen molar-refractivity contribution < 1.29 is 17.9 Å². The summed E-state index contributed by atoms with van der Waals surface area (Å²) in [6.07, 6.45) is 0. The highest BCUT2D eigenvalue weighted by Crippen LogP contribution is 2.18. The lowest BCUT2D eigenvalue weighted by molar-refractivity contribution is -0.119. The van der Waals surface area contributed by atoms with E-state index in [1.165, 1.54) is 4.31 Å². The van der Waals surface area contributed by atoms with Crippen LogP contribution in [0.1, 0.15) is 12.5 Å². The quantitative estimate of drug-likeness (QED) is 0.709. The first kappa shape index (κ1) is 21.3. The Kier molecular flexibility index (Phi) is 7.24. The van der Waals surface area contributed by atoms with Crippen molar-refractivity contribution in [1.29, 1.82) is 0 Å². The Morgan fingerprint density at radius 1 is 1.07 bits per heavy atom. The molecule has 1 saturated heterocycles. The number of sulfonamides is 1. The molecular weight excluding hydrogens is 390 g/mol. The maximum absolute atomic E-state index is 12.6. The predicted octanol–water partition coefficient (Wildman–Crippen LogP) is 1.85. The van der Waals surface area contributed by atoms with Crippen molar-refractivity contribution >= 4 is 21.6 Å². The van der Waals surface area contributed by atoms with E-state index in [4.69, 9.17) is 4.74 Å². The zero-order valence-corrected chi connectivity index (χ0v) is 17.4. The fourth-order valence-corrected chi connectivity index (χ4v) is 4.58. The van der Waals surface area contributed by atoms with Crippen molar-refractivity contribution in [3.05, 3.63) is 60.2 Å². The molecule has 2 aromatic carbocycles. The number of rotatable bonds is 8. The van der Waals surface area contributed by atoms with Crippen LogP contribution in [0.4, 0.5) is 5.69 Å². The molecule has 0 aliphatic carbocycles. The van der Waals surface area contributed by atoms with Crippen LogP contribution in [0, 0.1) is 0 Å². The molecule has 0 unspecified atom stereocenters. The number of hydrogen-bond acceptors (Lipinski definition) is 5. The van der Waals surface area contributed by atoms with Gasteiger partial charge in [-0.15, -0.1) is 0 Å². The van der Waals surface area contributed by atoms with E-state index >= 15 is 0 Å². The van der Waals surface area contributed by atoms with Crippen LogP contribution in [-0.2, 0) is 26.1 Å². The van der Waals surface area contributed by atoms with Crippen molar-refractivity contribution in [2.24, 2.45) is 0 Å². The number of carbonyl (C=O) groups excluding carboxylic acids is 1. The second-order valence-electron chi connectivity index (χ2n) is 6.79. The van der Waals surface area contributed by atoms with Gasteiger partial charge in [0.15, 0.2) is 0 Å². The Hall–Kier alpha value is -2.42. The van der Waals surface area contributed by atoms with Gasteiger partial charge in [-0.3, -0.25) is 4.79 Å². The van der Waals surface area contributed by atoms with Gasteiger partial charge in [0.1, 0.15) is 0 Å². The van der Waals surface area contributed by atoms with Crippen LogP contribution in [0.5, 0.6) is 0 Å². The number of ether oxygens (including phenoxy) is 1. The molecule has 0 saturated carbocycles. The number of amides is 1. The van der Waals surface area contributed by atoms with E-state index in [2.05, 4.69) is 5.32 Å². The molecule has 0 bridgehead atoms. The summed E-state index contributed by atoms with van der Waals surface area (Å²) >= 11 is 0. The van der Waals surface area contributed by atoms with Crippen LogP contribution in [0.3, 0.4) is 0 Å². The van der Waals surface area contributed by atoms with Crippen LogP contribution < -0.4 is 10.2 Å². The summed E-state index contributed by atoms with van der Waals surface area (Å²) in [4.78, 5) is 14.6. The molecule has 29 heavy (non-hydrogen) atoms. The van der Waals surface area contributed by atoms with Gasteiger partial charge in [-0.1, -0.05) is 30.3 Å². The molecule has 0 aromatic heterocycles. The molecule has 0 atom stereocenters. The fourth-order valence-electron chi connectivity index (χ4n) is 3.17. The van der Waals surface area contributed by atoms with E-state index in [1.54, 1.807) is 24.3 Å². The first-order valence-corrected chi connectivity index (χ1v) is 11.2. The monoisotopic (exact) mass is 417 g/mol. The van der Waals surface area contributed by atoms with E-state index in [1.807, 2.05) is 42.2 Å². The van der Waals surface area contributed by atoms with Crippen LogP contribution in [0.15, 0.2) is 59.5 Å². The molecule has 1 aliphatic rings. The molecule has 7 nitrogen and oxygen atoms in total. The van der Waals surface area contributed by atoms with E-state index in [-0.39, 0.29) is 17.3 Å². The lowest BCUT2D eigenvalue weighted by atomic mass is 10.2. The predicted molar refractivity (Wildman–Crippen MR) is 112 cm³/mol. The summed E-state index contributed by atoms with van der Waals surface area (Å²) in [5.74, 6) is -0.0827. The second-order valence-corrected chi connectivity index (χ2v) is 8.72. The molecule has 156 valence electrons. The Bertz CT molecular complexity index is 895. The Labute approximate surface area is 172 Å². The summed E-state index contributed by atoms with van der Waals surface area (Å²) < 4.78 is 32.0. The molecule has 2 aromatic rings. The number of morpholine rings is 1. The molecule has 0 spiro atoms. The maximum Gasteiger partial charge on any atom is 0.243 e. The molecule has 1 heterocycles. The average molecular weight is 418 g/mol. The number of likely N-dealkylation sites (N-methyl/N-ethyl adjacent to an activating group) is 1. The van der Waals surface area contributed by atoms with Gasteiger partial charge in [0.25, 0.3) is 0 Å². The van der Waals surface area contributed by atoms with E-state index in [0.717, 1.165) is 17.8 Å². The van der Waals surface area contributed by atoms with Gasteiger partial charge in [-0.2, -0.15) is 4.31 Å². The molecular formula is C21H27N3O4S. The summed E-state index contributed by atoms with van der Waals surface area (Å²) in [6.45, 7) is 4.93. The molecule has 3 rings (SSSR count). The number of nitrogens with one attached hydrogen (secondary N) is 1. The normalized spacial score (nSPS) is 15.1. The topological polar surface area (TPSA) is 79.0 Å². The molecule has 1 aliphatic heterocycles. The third kappa shape index (κ3) is 5.56. The van der Waals surface area contributed by atoms with Crippen LogP contribution >= 0.6 is 0 Å². The minimum absolute atomic E-state index is 0.0827. The Balaban J connectivity index is 1.55. The molecule has 8 heteroatoms. The zero-order chi connectivity index (χ0) is 20.7. The van der Waals surface area contributed by atoms with Crippen molar-refractivity contribution in [1.82, 2.24) is 9.62 Å². The van der Waals surface area contributed by atoms with Gasteiger partial charge < -0.3 is 15.0 Å². The van der Waals surface area contributed by atoms with Gasteiger partial charge in [0.2, 0.25) is 15.9 Å². The molecule has 1 fully saturated rings. The number of hydrogen-bond donors (Lipinski definition) is 1. The SMILES string of the molecule is CCN(CC(=O)NCc1ccc(S(=O)(=O)N2CCOCC2)cc1)c1ccccc1. The van der Waals surface area contributed by atoms with Crippen LogP contribution in [-0.4, -0.2) is 58.0 Å². The number of nitrogens with zero attached hydrogens (tertiary/aromatic N) is 2. The highest BCUT2D eigenvalue weighted by Gasteiger charge is 2.26. The van der Waals surface area contributed by atoms with Gasteiger partial charge in [-0.05, 0) is 36.8 Å². The average Bonchev–Trinajstić information content (AvgIpc) is 2.77. The molecule has 1 amide bonds. The van der Waals surface area contributed by atoms with Gasteiger partial charge in [0, 0.05) is 31.9 Å². The largest absolute Gasteiger partial charge is 0.379 e. The van der Waals surface area contributed by atoms with Gasteiger partial charge in [-0.25, -0.2) is 8.42 Å². The van der Waals surface area contributed by atoms with Crippen molar-refractivity contribution in [3.8, 4) is 0 Å². The second kappa shape index (κ2) is 9.87. The van der Waals surface area contributed by atoms with E-state index < -0.39 is 10.0 Å². The van der Waals surface area contributed by atoms with Crippen molar-refractivity contribution in [3.63, 3.8) is 0 Å². The lowest BCUT2D eigenvalue weighted by Crippen LogP contribution is -2.40. The van der Waals surface area contributed by atoms with Crippen molar-refractivity contribution in [2.75, 3.05) is 44.3 Å². The summed E-state index contributed by atoms with van der Waals surface area (Å²) in [7, 11) is -3.50. The Morgan fingerprint density at radius 2 is 1.72 bits per heavy atom. The molecule has 1 N–H and O–H groups in total. The summed E-state index contributed by atoms with van der Waals surface area (Å²) in [5.41, 5.74) is 1.85. The minimum atomic E-state index is -3.50. The zero-order valence-electron chi connectivity index (χ0n) is 16.6. The number of carbonyl (C=O) groups is 1. The lowest BCUT2D eigenvalue weighted by Gasteiger charge is -2.26. The summed E-state index contributed by atoms with van der Waals surface area (Å²) in [6, 6.07) is 16.5. The number of para-hydroxylation sites is 1. The Morgan fingerprint density at radius 3 is 2.34 bits per heavy atom. The van der Waals surface area contributed by atoms with Crippen LogP contribution in [0.25, 0.3) is 0 Å². The number of benzene rings is 2. The van der Waals surface area contributed by atoms with E-state index in [0.29, 0.717) is 32.8 Å². The van der Waals surface area contributed by atoms with Gasteiger partial charge >= 0.3 is 0 Å². The third-order valence-electron chi connectivity index (χ3n) is 4.86. The third-order valence-corrected chi connectivity index (χ3v) is 6.77. The summed E-state index contributed by atoms with van der Waals surface area (Å²) in [5, 5.41) is 2.90. The van der Waals surface area contributed by atoms with E-state index in [9.17, 15) is 13.2 Å². The van der Waals surface area contributed by atoms with Gasteiger partial charge in [0.05, 0.1) is 24.7 Å². The van der Waals surface area contributed by atoms with Crippen LogP contribution in [0.2, 0.25) is 0 Å². The minimum Gasteiger partial charge on any atom is -0.379 e. The first-order valence-electron chi connectivity index (χ1n) is 9.74. The first-order chi connectivity index (χ1) is 14.0. The van der Waals surface area contributed by atoms with Crippen molar-refractivity contribution in [2.45, 2.75) is 18.4 Å². The smallest absolute Gasteiger partial charge is 0.243 e. The molecule has 0 radical (unpaired) electrons. The standard InChI is InChI=1S/C21H27N3O4S/c1-2-23(19-6-4-3-5-7-19)17-21(25)22-16-18-8-10-20(11-9-18)29(26,27)24-12-14-28-15-13-24/h3-11H,2,12-17H2,1H3,(H,22,25). The highest BCUT2D eigenvalue weighted by molar-refractivity contribution is 7.89. The highest BCUT2D eigenvalue weighted by atomic mass is 32.2. The maximum atomic E-state index is 12.6. The fraction of sp³-hybridized carbons (Fsp3) is 0.381. The number of anilines is 1.